The Balaban J connectivity index is 1.64. The summed E-state index contributed by atoms with van der Waals surface area (Å²) in [7, 11) is 3.18. The number of esters is 2. The monoisotopic (exact) mass is 566 g/mol. The topological polar surface area (TPSA) is 71.1 Å². The fourth-order valence-electron chi connectivity index (χ4n) is 6.21. The zero-order valence-electron chi connectivity index (χ0n) is 24.6. The summed E-state index contributed by atoms with van der Waals surface area (Å²) in [6.07, 6.45) is 8.89. The van der Waals surface area contributed by atoms with Gasteiger partial charge in [-0.05, 0) is 60.7 Å². The highest BCUT2D eigenvalue weighted by atomic mass is 16.6. The first-order chi connectivity index (χ1) is 20.4. The minimum Gasteiger partial charge on any atom is -0.451 e. The van der Waals surface area contributed by atoms with E-state index in [0.717, 1.165) is 36.0 Å². The van der Waals surface area contributed by atoms with Crippen molar-refractivity contribution in [1.82, 2.24) is 0 Å². The van der Waals surface area contributed by atoms with Crippen molar-refractivity contribution in [2.45, 2.75) is 56.5 Å². The van der Waals surface area contributed by atoms with E-state index < -0.39 is 35.3 Å². The third kappa shape index (κ3) is 5.21. The van der Waals surface area contributed by atoms with E-state index in [9.17, 15) is 9.59 Å². The van der Waals surface area contributed by atoms with Gasteiger partial charge in [-0.25, -0.2) is 9.59 Å². The smallest absolute Gasteiger partial charge is 0.338 e. The van der Waals surface area contributed by atoms with Gasteiger partial charge >= 0.3 is 11.9 Å². The van der Waals surface area contributed by atoms with Crippen molar-refractivity contribution in [2.24, 2.45) is 5.92 Å². The summed E-state index contributed by atoms with van der Waals surface area (Å²) in [6, 6.07) is 24.0. The van der Waals surface area contributed by atoms with E-state index in [0.29, 0.717) is 11.1 Å². The first-order valence-electron chi connectivity index (χ1n) is 14.5. The summed E-state index contributed by atoms with van der Waals surface area (Å²) in [5.41, 5.74) is 1.17. The number of ether oxygens (including phenoxy) is 4. The summed E-state index contributed by atoms with van der Waals surface area (Å²) in [6.45, 7) is 4.01. The normalized spacial score (nSPS) is 24.8. The maximum atomic E-state index is 13.9. The number of benzene rings is 3. The van der Waals surface area contributed by atoms with E-state index in [4.69, 9.17) is 18.9 Å². The average Bonchev–Trinajstić information content (AvgIpc) is 3.58. The molecule has 4 atom stereocenters. The molecule has 0 saturated carbocycles. The number of carbonyl (C=O) groups excluding carboxylic acids is 2. The Bertz CT molecular complexity index is 1450. The zero-order chi connectivity index (χ0) is 29.7. The second kappa shape index (κ2) is 12.5. The molecule has 0 saturated heterocycles. The number of unbranched alkanes of at least 4 members (excludes halogenated alkanes) is 1. The first kappa shape index (κ1) is 29.5. The molecule has 6 nitrogen and oxygen atoms in total. The molecule has 0 spiro atoms. The number of hydrogen-bond donors (Lipinski definition) is 0. The molecule has 0 bridgehead atoms. The lowest BCUT2D eigenvalue weighted by atomic mass is 9.63. The highest BCUT2D eigenvalue weighted by Crippen LogP contribution is 2.54. The molecule has 0 aliphatic heterocycles. The summed E-state index contributed by atoms with van der Waals surface area (Å²) in [5.74, 6) is -1.39. The third-order valence-corrected chi connectivity index (χ3v) is 8.61. The van der Waals surface area contributed by atoms with Gasteiger partial charge in [-0.15, -0.1) is 0 Å². The van der Waals surface area contributed by atoms with E-state index in [2.05, 4.69) is 6.92 Å². The number of carbonyl (C=O) groups is 2. The number of hydrogen-bond acceptors (Lipinski definition) is 6. The number of methoxy groups -OCH3 is 2. The molecule has 3 aromatic carbocycles. The summed E-state index contributed by atoms with van der Waals surface area (Å²) in [4.78, 5) is 27.5. The summed E-state index contributed by atoms with van der Waals surface area (Å²) in [5, 5.41) is 0. The predicted octanol–water partition coefficient (Wildman–Crippen LogP) is 6.94. The fourth-order valence-corrected chi connectivity index (χ4v) is 6.21. The van der Waals surface area contributed by atoms with Gasteiger partial charge < -0.3 is 18.9 Å². The first-order valence-corrected chi connectivity index (χ1v) is 14.5. The largest absolute Gasteiger partial charge is 0.451 e. The van der Waals surface area contributed by atoms with Crippen molar-refractivity contribution in [2.75, 3.05) is 14.2 Å². The second-order valence-electron chi connectivity index (χ2n) is 11.0. The van der Waals surface area contributed by atoms with Crippen LogP contribution < -0.4 is 0 Å². The molecule has 5 rings (SSSR count). The number of allylic oxidation sites excluding steroid dienone is 2. The Morgan fingerprint density at radius 3 is 1.88 bits per heavy atom. The molecular formula is C36H38O6. The molecule has 0 unspecified atom stereocenters. The van der Waals surface area contributed by atoms with Gasteiger partial charge in [0.25, 0.3) is 0 Å². The summed E-state index contributed by atoms with van der Waals surface area (Å²) < 4.78 is 25.3. The van der Waals surface area contributed by atoms with Crippen LogP contribution in [0.15, 0.2) is 103 Å². The molecule has 2 aliphatic rings. The van der Waals surface area contributed by atoms with E-state index in [-0.39, 0.29) is 5.92 Å². The Morgan fingerprint density at radius 2 is 1.29 bits per heavy atom. The van der Waals surface area contributed by atoms with E-state index in [1.54, 1.807) is 50.6 Å². The third-order valence-electron chi connectivity index (χ3n) is 8.61. The van der Waals surface area contributed by atoms with Crippen molar-refractivity contribution in [3.63, 3.8) is 0 Å². The van der Waals surface area contributed by atoms with Gasteiger partial charge in [-0.1, -0.05) is 92.2 Å². The molecule has 42 heavy (non-hydrogen) atoms. The van der Waals surface area contributed by atoms with E-state index >= 15 is 0 Å². The number of aryl methyl sites for hydroxylation is 1. The Hall–Kier alpha value is -4.00. The van der Waals surface area contributed by atoms with Crippen LogP contribution in [0.2, 0.25) is 0 Å². The van der Waals surface area contributed by atoms with Gasteiger partial charge in [-0.3, -0.25) is 0 Å². The lowest BCUT2D eigenvalue weighted by molar-refractivity contribution is -0.227. The van der Waals surface area contributed by atoms with Crippen LogP contribution in [0, 0.1) is 5.92 Å². The van der Waals surface area contributed by atoms with Gasteiger partial charge in [0.15, 0.2) is 12.2 Å². The summed E-state index contributed by atoms with van der Waals surface area (Å²) >= 11 is 0. The molecule has 0 N–H and O–H groups in total. The van der Waals surface area contributed by atoms with Crippen LogP contribution >= 0.6 is 0 Å². The minimum atomic E-state index is -1.21. The quantitative estimate of drug-likeness (QED) is 0.248. The van der Waals surface area contributed by atoms with Crippen molar-refractivity contribution >= 4 is 11.9 Å². The second-order valence-corrected chi connectivity index (χ2v) is 11.0. The Morgan fingerprint density at radius 1 is 0.714 bits per heavy atom. The fraction of sp³-hybridized carbons (Fsp3) is 0.333. The van der Waals surface area contributed by atoms with Crippen LogP contribution in [0.25, 0.3) is 0 Å². The molecular weight excluding hydrogens is 528 g/mol. The van der Waals surface area contributed by atoms with E-state index in [1.165, 1.54) is 0 Å². The molecule has 0 amide bonds. The predicted molar refractivity (Wildman–Crippen MR) is 161 cm³/mol. The lowest BCUT2D eigenvalue weighted by Gasteiger charge is -2.54. The highest BCUT2D eigenvalue weighted by molar-refractivity contribution is 5.90. The van der Waals surface area contributed by atoms with Crippen LogP contribution in [-0.2, 0) is 36.6 Å². The maximum absolute atomic E-state index is 13.9. The Kier molecular flexibility index (Phi) is 8.76. The average molecular weight is 567 g/mol. The molecule has 6 heteroatoms. The van der Waals surface area contributed by atoms with Crippen LogP contribution in [0.5, 0.6) is 0 Å². The van der Waals surface area contributed by atoms with Gasteiger partial charge in [0.05, 0.1) is 11.1 Å². The Labute approximate surface area is 248 Å². The molecule has 218 valence electrons. The van der Waals surface area contributed by atoms with Crippen molar-refractivity contribution < 1.29 is 28.5 Å². The number of fused-ring (bicyclic) bond motifs is 1. The molecule has 2 aliphatic carbocycles. The molecule has 3 aromatic rings. The van der Waals surface area contributed by atoms with Crippen molar-refractivity contribution in [3.05, 3.63) is 131 Å². The van der Waals surface area contributed by atoms with Crippen LogP contribution in [0.4, 0.5) is 0 Å². The molecule has 0 fully saturated rings. The molecule has 0 heterocycles. The van der Waals surface area contributed by atoms with Crippen LogP contribution in [0.3, 0.4) is 0 Å². The minimum absolute atomic E-state index is 0.308. The highest BCUT2D eigenvalue weighted by Gasteiger charge is 2.64. The van der Waals surface area contributed by atoms with Crippen molar-refractivity contribution in [1.29, 1.82) is 0 Å². The van der Waals surface area contributed by atoms with Gasteiger partial charge in [0.1, 0.15) is 11.2 Å². The van der Waals surface area contributed by atoms with Gasteiger partial charge in [0.2, 0.25) is 0 Å². The standard InChI is InChI=1S/C36H38O6/c1-5-6-14-25-21-23-27(24-22-25)34(38)42-32-31(41-33(37)26-15-8-7-9-16-26)35(2,39-3)29-19-12-13-20-30(29)36(32,40-4)28-17-10-11-18-28/h7-13,15-24,28,31-32H,5-6,14H2,1-4H3/t31-,32+,35+,36-/m0/s1. The van der Waals surface area contributed by atoms with Gasteiger partial charge in [0, 0.05) is 20.1 Å². The lowest BCUT2D eigenvalue weighted by Crippen LogP contribution is -2.65. The number of rotatable bonds is 10. The van der Waals surface area contributed by atoms with E-state index in [1.807, 2.05) is 73.7 Å². The SMILES string of the molecule is CCCCc1ccc(C(=O)O[C@@H]2[C@H](OC(=O)c3ccccc3)[C@](C)(OC)c3ccccc3[C@@]2(OC)C2C=CC=C2)cc1. The van der Waals surface area contributed by atoms with Crippen LogP contribution in [-0.4, -0.2) is 38.4 Å². The zero-order valence-corrected chi connectivity index (χ0v) is 24.6. The maximum Gasteiger partial charge on any atom is 0.338 e. The van der Waals surface area contributed by atoms with Crippen LogP contribution in [0.1, 0.15) is 64.1 Å². The van der Waals surface area contributed by atoms with Gasteiger partial charge in [-0.2, -0.15) is 0 Å². The molecule has 0 aromatic heterocycles. The molecule has 0 radical (unpaired) electrons. The van der Waals surface area contributed by atoms with Crippen molar-refractivity contribution in [3.8, 4) is 0 Å².